The van der Waals surface area contributed by atoms with Gasteiger partial charge in [-0.1, -0.05) is 0 Å². The summed E-state index contributed by atoms with van der Waals surface area (Å²) in [5.41, 5.74) is 4.08. The lowest BCUT2D eigenvalue weighted by Crippen LogP contribution is -2.54. The normalized spacial score (nSPS) is 18.6. The van der Waals surface area contributed by atoms with Crippen LogP contribution in [-0.4, -0.2) is 62.5 Å². The standard InChI is InChI=1S/C23H26N8O2/c1-13-9-30(10-14(2)26-13)17-6-5-16(19-20(17)25-8-7-24-19)22(32)28-18-12-31-11-15(3)27-21(31)23(29-18)33-4/h5-8,11-14,26H,9-10H2,1-4H3,(H,28,32)/t13-,14-/m0/s1. The number of hydrogen-bond donors (Lipinski definition) is 2. The van der Waals surface area contributed by atoms with E-state index in [4.69, 9.17) is 4.74 Å². The van der Waals surface area contributed by atoms with Crippen molar-refractivity contribution in [2.24, 2.45) is 0 Å². The third-order valence-electron chi connectivity index (χ3n) is 5.71. The number of methoxy groups -OCH3 is 1. The second kappa shape index (κ2) is 8.28. The number of rotatable bonds is 4. The highest BCUT2D eigenvalue weighted by Gasteiger charge is 2.25. The van der Waals surface area contributed by atoms with Gasteiger partial charge in [0, 0.05) is 43.8 Å². The summed E-state index contributed by atoms with van der Waals surface area (Å²) in [5.74, 6) is 0.371. The van der Waals surface area contributed by atoms with Crippen LogP contribution in [0.1, 0.15) is 29.9 Å². The highest BCUT2D eigenvalue weighted by molar-refractivity contribution is 6.12. The lowest BCUT2D eigenvalue weighted by atomic mass is 10.1. The fraction of sp³-hybridized carbons (Fsp3) is 0.348. The summed E-state index contributed by atoms with van der Waals surface area (Å²) in [4.78, 5) is 33.4. The summed E-state index contributed by atoms with van der Waals surface area (Å²) < 4.78 is 7.14. The van der Waals surface area contributed by atoms with Gasteiger partial charge in [-0.25, -0.2) is 4.98 Å². The molecule has 33 heavy (non-hydrogen) atoms. The van der Waals surface area contributed by atoms with E-state index < -0.39 is 0 Å². The number of anilines is 2. The average molecular weight is 447 g/mol. The van der Waals surface area contributed by atoms with Gasteiger partial charge >= 0.3 is 0 Å². The van der Waals surface area contributed by atoms with Crippen LogP contribution < -0.4 is 20.3 Å². The van der Waals surface area contributed by atoms with Crippen LogP contribution in [0.4, 0.5) is 11.5 Å². The van der Waals surface area contributed by atoms with Gasteiger partial charge in [0.25, 0.3) is 11.8 Å². The van der Waals surface area contributed by atoms with E-state index in [0.717, 1.165) is 24.5 Å². The maximum absolute atomic E-state index is 13.3. The monoisotopic (exact) mass is 446 g/mol. The summed E-state index contributed by atoms with van der Waals surface area (Å²) in [6, 6.07) is 4.46. The molecule has 4 aromatic rings. The highest BCUT2D eigenvalue weighted by atomic mass is 16.5. The molecule has 170 valence electrons. The summed E-state index contributed by atoms with van der Waals surface area (Å²) in [6.45, 7) is 7.93. The zero-order valence-corrected chi connectivity index (χ0v) is 19.0. The second-order valence-corrected chi connectivity index (χ2v) is 8.46. The number of benzene rings is 1. The molecular formula is C23H26N8O2. The lowest BCUT2D eigenvalue weighted by Gasteiger charge is -2.38. The van der Waals surface area contributed by atoms with E-state index in [-0.39, 0.29) is 5.91 Å². The van der Waals surface area contributed by atoms with Crippen molar-refractivity contribution in [2.75, 3.05) is 30.4 Å². The van der Waals surface area contributed by atoms with Crippen molar-refractivity contribution in [3.63, 3.8) is 0 Å². The van der Waals surface area contributed by atoms with E-state index in [2.05, 4.69) is 49.3 Å². The topological polar surface area (TPSA) is 110 Å². The molecule has 0 unspecified atom stereocenters. The first kappa shape index (κ1) is 21.1. The van der Waals surface area contributed by atoms with Crippen molar-refractivity contribution in [2.45, 2.75) is 32.9 Å². The van der Waals surface area contributed by atoms with Gasteiger partial charge in [0.15, 0.2) is 5.82 Å². The second-order valence-electron chi connectivity index (χ2n) is 8.46. The molecule has 0 aliphatic carbocycles. The minimum atomic E-state index is -0.320. The van der Waals surface area contributed by atoms with Crippen LogP contribution in [0.5, 0.6) is 5.88 Å². The first-order valence-electron chi connectivity index (χ1n) is 10.9. The van der Waals surface area contributed by atoms with Gasteiger partial charge in [-0.3, -0.25) is 19.2 Å². The van der Waals surface area contributed by atoms with E-state index in [9.17, 15) is 4.79 Å². The molecule has 1 aliphatic heterocycles. The zero-order valence-electron chi connectivity index (χ0n) is 19.0. The van der Waals surface area contributed by atoms with Crippen molar-refractivity contribution in [1.29, 1.82) is 0 Å². The first-order chi connectivity index (χ1) is 15.9. The molecular weight excluding hydrogens is 420 g/mol. The predicted octanol–water partition coefficient (Wildman–Crippen LogP) is 2.43. The van der Waals surface area contributed by atoms with E-state index in [0.29, 0.717) is 46.0 Å². The van der Waals surface area contributed by atoms with Gasteiger partial charge in [0.1, 0.15) is 11.0 Å². The molecule has 3 aromatic heterocycles. The number of imidazole rings is 1. The number of fused-ring (bicyclic) bond motifs is 2. The maximum atomic E-state index is 13.3. The SMILES string of the molecule is COc1nc(NC(=O)c2ccc(N3C[C@H](C)N[C@@H](C)C3)c3nccnc23)cn2cc(C)nc12. The highest BCUT2D eigenvalue weighted by Crippen LogP contribution is 2.29. The minimum absolute atomic E-state index is 0.320. The third-order valence-corrected chi connectivity index (χ3v) is 5.71. The molecule has 1 saturated heterocycles. The number of carbonyl (C=O) groups excluding carboxylic acids is 1. The van der Waals surface area contributed by atoms with Gasteiger partial charge in [0.2, 0.25) is 5.65 Å². The molecule has 1 amide bonds. The van der Waals surface area contributed by atoms with Crippen LogP contribution in [-0.2, 0) is 0 Å². The van der Waals surface area contributed by atoms with Gasteiger partial charge in [-0.15, -0.1) is 0 Å². The van der Waals surface area contributed by atoms with Gasteiger partial charge < -0.3 is 20.3 Å². The largest absolute Gasteiger partial charge is 0.478 e. The predicted molar refractivity (Wildman–Crippen MR) is 126 cm³/mol. The van der Waals surface area contributed by atoms with Crippen molar-refractivity contribution >= 4 is 34.1 Å². The maximum Gasteiger partial charge on any atom is 0.260 e. The number of amides is 1. The van der Waals surface area contributed by atoms with Gasteiger partial charge in [-0.05, 0) is 32.9 Å². The number of nitrogens with one attached hydrogen (secondary N) is 2. The summed E-state index contributed by atoms with van der Waals surface area (Å²) in [7, 11) is 1.53. The fourth-order valence-corrected chi connectivity index (χ4v) is 4.48. The molecule has 10 heteroatoms. The lowest BCUT2D eigenvalue weighted by molar-refractivity contribution is 0.102. The van der Waals surface area contributed by atoms with Crippen molar-refractivity contribution in [3.05, 3.63) is 48.2 Å². The number of ether oxygens (including phenoxy) is 1. The van der Waals surface area contributed by atoms with E-state index >= 15 is 0 Å². The molecule has 0 saturated carbocycles. The van der Waals surface area contributed by atoms with E-state index in [1.165, 1.54) is 7.11 Å². The first-order valence-corrected chi connectivity index (χ1v) is 10.9. The molecule has 0 radical (unpaired) electrons. The quantitative estimate of drug-likeness (QED) is 0.492. The zero-order chi connectivity index (χ0) is 23.1. The van der Waals surface area contributed by atoms with Crippen LogP contribution >= 0.6 is 0 Å². The van der Waals surface area contributed by atoms with Crippen LogP contribution in [0.25, 0.3) is 16.7 Å². The smallest absolute Gasteiger partial charge is 0.260 e. The third kappa shape index (κ3) is 3.93. The Kier molecular flexibility index (Phi) is 5.29. The van der Waals surface area contributed by atoms with Crippen LogP contribution in [0.3, 0.4) is 0 Å². The van der Waals surface area contributed by atoms with E-state index in [1.54, 1.807) is 29.1 Å². The Labute approximate surface area is 191 Å². The van der Waals surface area contributed by atoms with Crippen LogP contribution in [0.15, 0.2) is 36.9 Å². The molecule has 0 spiro atoms. The molecule has 2 N–H and O–H groups in total. The van der Waals surface area contributed by atoms with Crippen molar-refractivity contribution in [1.82, 2.24) is 29.7 Å². The molecule has 2 atom stereocenters. The molecule has 10 nitrogen and oxygen atoms in total. The summed E-state index contributed by atoms with van der Waals surface area (Å²) in [5, 5.41) is 6.41. The van der Waals surface area contributed by atoms with Crippen molar-refractivity contribution in [3.8, 4) is 5.88 Å². The van der Waals surface area contributed by atoms with Gasteiger partial charge in [0.05, 0.1) is 30.3 Å². The minimum Gasteiger partial charge on any atom is -0.478 e. The van der Waals surface area contributed by atoms with Crippen LogP contribution in [0, 0.1) is 6.92 Å². The summed E-state index contributed by atoms with van der Waals surface area (Å²) >= 11 is 0. The molecule has 0 bridgehead atoms. The number of aryl methyl sites for hydroxylation is 1. The Bertz CT molecular complexity index is 1340. The van der Waals surface area contributed by atoms with Gasteiger partial charge in [-0.2, -0.15) is 4.98 Å². The van der Waals surface area contributed by atoms with Crippen LogP contribution in [0.2, 0.25) is 0 Å². The molecule has 5 rings (SSSR count). The molecule has 1 aromatic carbocycles. The Morgan fingerprint density at radius 3 is 2.55 bits per heavy atom. The Morgan fingerprint density at radius 1 is 1.09 bits per heavy atom. The Hall–Kier alpha value is -3.79. The molecule has 1 fully saturated rings. The summed E-state index contributed by atoms with van der Waals surface area (Å²) in [6.07, 6.45) is 6.82. The number of carbonyl (C=O) groups is 1. The number of aromatic nitrogens is 5. The average Bonchev–Trinajstić information content (AvgIpc) is 3.17. The molecule has 1 aliphatic rings. The Balaban J connectivity index is 1.50. The fourth-order valence-electron chi connectivity index (χ4n) is 4.48. The van der Waals surface area contributed by atoms with E-state index in [1.807, 2.05) is 19.2 Å². The van der Waals surface area contributed by atoms with Crippen molar-refractivity contribution < 1.29 is 9.53 Å². The Morgan fingerprint density at radius 2 is 1.82 bits per heavy atom. The molecule has 4 heterocycles. The number of nitrogens with zero attached hydrogens (tertiary/aromatic N) is 6. The number of piperazine rings is 1. The number of hydrogen-bond acceptors (Lipinski definition) is 8.